The average Bonchev–Trinajstić information content (AvgIpc) is 3.27. The van der Waals surface area contributed by atoms with E-state index in [0.717, 1.165) is 5.56 Å². The molecule has 1 aromatic heterocycles. The van der Waals surface area contributed by atoms with Crippen molar-refractivity contribution in [3.05, 3.63) is 76.0 Å². The van der Waals surface area contributed by atoms with E-state index in [1.165, 1.54) is 11.3 Å². The molecule has 1 aliphatic rings. The van der Waals surface area contributed by atoms with Crippen LogP contribution in [0.1, 0.15) is 26.3 Å². The fraction of sp³-hybridized carbons (Fsp3) is 0.143. The van der Waals surface area contributed by atoms with Gasteiger partial charge < -0.3 is 20.1 Å². The van der Waals surface area contributed by atoms with Crippen LogP contribution in [-0.4, -0.2) is 25.0 Å². The molecule has 2 N–H and O–H groups in total. The molecule has 0 spiro atoms. The molecule has 2 heterocycles. The largest absolute Gasteiger partial charge is 0.486 e. The van der Waals surface area contributed by atoms with Crippen LogP contribution < -0.4 is 20.1 Å². The molecule has 2 amide bonds. The van der Waals surface area contributed by atoms with Crippen molar-refractivity contribution in [1.29, 1.82) is 0 Å². The lowest BCUT2D eigenvalue weighted by Crippen LogP contribution is -2.25. The zero-order chi connectivity index (χ0) is 19.3. The van der Waals surface area contributed by atoms with Crippen molar-refractivity contribution in [3.8, 4) is 11.5 Å². The number of carbonyl (C=O) groups excluding carboxylic acids is 2. The number of anilines is 1. The van der Waals surface area contributed by atoms with Crippen LogP contribution in [0.3, 0.4) is 0 Å². The van der Waals surface area contributed by atoms with Crippen LogP contribution in [0.25, 0.3) is 0 Å². The van der Waals surface area contributed by atoms with Crippen molar-refractivity contribution in [1.82, 2.24) is 5.32 Å². The predicted molar refractivity (Wildman–Crippen MR) is 107 cm³/mol. The minimum Gasteiger partial charge on any atom is -0.486 e. The zero-order valence-corrected chi connectivity index (χ0v) is 15.8. The third kappa shape index (κ3) is 3.99. The molecule has 0 unspecified atom stereocenters. The van der Waals surface area contributed by atoms with E-state index in [1.807, 2.05) is 23.6 Å². The molecule has 0 saturated carbocycles. The molecule has 0 atom stereocenters. The average molecular weight is 394 g/mol. The summed E-state index contributed by atoms with van der Waals surface area (Å²) in [5.74, 6) is 0.883. The third-order valence-electron chi connectivity index (χ3n) is 4.26. The van der Waals surface area contributed by atoms with Gasteiger partial charge in [0.05, 0.1) is 16.8 Å². The molecule has 0 saturated heterocycles. The third-order valence-corrected chi connectivity index (χ3v) is 4.95. The van der Waals surface area contributed by atoms with Gasteiger partial charge in [-0.3, -0.25) is 9.59 Å². The number of hydrogen-bond donors (Lipinski definition) is 2. The van der Waals surface area contributed by atoms with Gasteiger partial charge in [-0.15, -0.1) is 0 Å². The summed E-state index contributed by atoms with van der Waals surface area (Å²) >= 11 is 1.45. The van der Waals surface area contributed by atoms with E-state index < -0.39 is 0 Å². The molecular weight excluding hydrogens is 376 g/mol. The molecule has 0 bridgehead atoms. The lowest BCUT2D eigenvalue weighted by molar-refractivity contribution is 0.0951. The second kappa shape index (κ2) is 8.14. The first-order valence-corrected chi connectivity index (χ1v) is 9.74. The van der Waals surface area contributed by atoms with Gasteiger partial charge in [0, 0.05) is 11.9 Å². The summed E-state index contributed by atoms with van der Waals surface area (Å²) in [5.41, 5.74) is 2.34. The maximum atomic E-state index is 12.7. The van der Waals surface area contributed by atoms with Gasteiger partial charge in [0.15, 0.2) is 11.5 Å². The number of ether oxygens (including phenoxy) is 2. The zero-order valence-electron chi connectivity index (χ0n) is 14.9. The molecule has 0 fully saturated rings. The number of para-hydroxylation sites is 1. The molecule has 3 aromatic rings. The molecule has 7 heteroatoms. The second-order valence-corrected chi connectivity index (χ2v) is 6.95. The van der Waals surface area contributed by atoms with Crippen LogP contribution in [0.2, 0.25) is 0 Å². The van der Waals surface area contributed by atoms with Gasteiger partial charge in [-0.1, -0.05) is 18.2 Å². The van der Waals surface area contributed by atoms with Crippen LogP contribution in [0, 0.1) is 0 Å². The van der Waals surface area contributed by atoms with Crippen molar-refractivity contribution in [2.75, 3.05) is 18.5 Å². The number of thiophene rings is 1. The summed E-state index contributed by atoms with van der Waals surface area (Å²) in [7, 11) is 0. The van der Waals surface area contributed by atoms with E-state index in [9.17, 15) is 9.59 Å². The number of benzene rings is 2. The number of fused-ring (bicyclic) bond motifs is 1. The smallest absolute Gasteiger partial charge is 0.256 e. The van der Waals surface area contributed by atoms with Gasteiger partial charge in [-0.2, -0.15) is 11.3 Å². The Hall–Kier alpha value is -3.32. The van der Waals surface area contributed by atoms with Crippen molar-refractivity contribution in [3.63, 3.8) is 0 Å². The maximum Gasteiger partial charge on any atom is 0.256 e. The molecule has 142 valence electrons. The first-order chi connectivity index (χ1) is 13.7. The lowest BCUT2D eigenvalue weighted by atomic mass is 10.1. The summed E-state index contributed by atoms with van der Waals surface area (Å²) in [5, 5.41) is 9.29. The monoisotopic (exact) mass is 394 g/mol. The van der Waals surface area contributed by atoms with Crippen LogP contribution in [0.5, 0.6) is 11.5 Å². The molecule has 0 radical (unpaired) electrons. The highest BCUT2D eigenvalue weighted by molar-refractivity contribution is 7.08. The fourth-order valence-electron chi connectivity index (χ4n) is 2.85. The summed E-state index contributed by atoms with van der Waals surface area (Å²) in [4.78, 5) is 25.0. The fourth-order valence-corrected chi connectivity index (χ4v) is 3.49. The van der Waals surface area contributed by atoms with Crippen molar-refractivity contribution >= 4 is 28.8 Å². The van der Waals surface area contributed by atoms with E-state index in [2.05, 4.69) is 10.6 Å². The van der Waals surface area contributed by atoms with Gasteiger partial charge in [-0.05, 0) is 41.3 Å². The topological polar surface area (TPSA) is 76.7 Å². The van der Waals surface area contributed by atoms with Gasteiger partial charge in [0.1, 0.15) is 13.2 Å². The van der Waals surface area contributed by atoms with E-state index >= 15 is 0 Å². The summed E-state index contributed by atoms with van der Waals surface area (Å²) in [6, 6.07) is 14.3. The lowest BCUT2D eigenvalue weighted by Gasteiger charge is -2.19. The number of amides is 2. The highest BCUT2D eigenvalue weighted by Crippen LogP contribution is 2.30. The number of carbonyl (C=O) groups is 2. The Morgan fingerprint density at radius 1 is 0.964 bits per heavy atom. The standard InChI is InChI=1S/C21H18N2O4S/c24-20(15-7-10-28-13-15)23-17-4-2-1-3-16(17)21(25)22-12-14-5-6-18-19(11-14)27-9-8-26-18/h1-7,10-11,13H,8-9,12H2,(H,22,25)(H,23,24). The number of hydrogen-bond acceptors (Lipinski definition) is 5. The summed E-state index contributed by atoms with van der Waals surface area (Å²) in [6.45, 7) is 1.39. The Kier molecular flexibility index (Phi) is 5.25. The molecule has 4 rings (SSSR count). The minimum atomic E-state index is -0.267. The maximum absolute atomic E-state index is 12.7. The van der Waals surface area contributed by atoms with Crippen molar-refractivity contribution in [2.24, 2.45) is 0 Å². The van der Waals surface area contributed by atoms with E-state index in [4.69, 9.17) is 9.47 Å². The molecule has 1 aliphatic heterocycles. The van der Waals surface area contributed by atoms with E-state index in [-0.39, 0.29) is 11.8 Å². The van der Waals surface area contributed by atoms with Gasteiger partial charge >= 0.3 is 0 Å². The molecule has 6 nitrogen and oxygen atoms in total. The van der Waals surface area contributed by atoms with Gasteiger partial charge in [-0.25, -0.2) is 0 Å². The quantitative estimate of drug-likeness (QED) is 0.692. The highest BCUT2D eigenvalue weighted by atomic mass is 32.1. The van der Waals surface area contributed by atoms with E-state index in [0.29, 0.717) is 48.1 Å². The molecule has 2 aromatic carbocycles. The number of nitrogens with one attached hydrogen (secondary N) is 2. The molecular formula is C21H18N2O4S. The SMILES string of the molecule is O=C(Nc1ccccc1C(=O)NCc1ccc2c(c1)OCCO2)c1ccsc1. The highest BCUT2D eigenvalue weighted by Gasteiger charge is 2.15. The van der Waals surface area contributed by atoms with Crippen LogP contribution >= 0.6 is 11.3 Å². The Balaban J connectivity index is 1.44. The van der Waals surface area contributed by atoms with E-state index in [1.54, 1.807) is 35.7 Å². The Morgan fingerprint density at radius 2 is 1.79 bits per heavy atom. The Labute approximate surface area is 166 Å². The van der Waals surface area contributed by atoms with Gasteiger partial charge in [0.2, 0.25) is 0 Å². The molecule has 0 aliphatic carbocycles. The predicted octanol–water partition coefficient (Wildman–Crippen LogP) is 3.70. The Bertz CT molecular complexity index is 1000. The van der Waals surface area contributed by atoms with Crippen LogP contribution in [-0.2, 0) is 6.54 Å². The summed E-state index contributed by atoms with van der Waals surface area (Å²) in [6.07, 6.45) is 0. The van der Waals surface area contributed by atoms with Crippen molar-refractivity contribution < 1.29 is 19.1 Å². The second-order valence-electron chi connectivity index (χ2n) is 6.17. The minimum absolute atomic E-state index is 0.242. The van der Waals surface area contributed by atoms with Crippen LogP contribution in [0.4, 0.5) is 5.69 Å². The van der Waals surface area contributed by atoms with Crippen LogP contribution in [0.15, 0.2) is 59.3 Å². The number of rotatable bonds is 5. The Morgan fingerprint density at radius 3 is 2.61 bits per heavy atom. The van der Waals surface area contributed by atoms with Gasteiger partial charge in [0.25, 0.3) is 11.8 Å². The summed E-state index contributed by atoms with van der Waals surface area (Å²) < 4.78 is 11.1. The molecule has 28 heavy (non-hydrogen) atoms. The normalized spacial score (nSPS) is 12.3. The first-order valence-electron chi connectivity index (χ1n) is 8.80. The van der Waals surface area contributed by atoms with Crippen molar-refractivity contribution in [2.45, 2.75) is 6.54 Å². The first kappa shape index (κ1) is 18.1.